The molecule has 17 heteroatoms. The molecule has 0 spiro atoms. The van der Waals surface area contributed by atoms with Gasteiger partial charge < -0.3 is 49.9 Å². The van der Waals surface area contributed by atoms with Crippen molar-refractivity contribution in [2.75, 3.05) is 6.54 Å². The van der Waals surface area contributed by atoms with Gasteiger partial charge in [0.1, 0.15) is 30.0 Å². The highest BCUT2D eigenvalue weighted by molar-refractivity contribution is 6.24. The van der Waals surface area contributed by atoms with Gasteiger partial charge in [0.05, 0.1) is 5.69 Å². The number of primary amides is 1. The van der Waals surface area contributed by atoms with E-state index in [-0.39, 0.29) is 55.6 Å². The molecule has 16 nitrogen and oxygen atoms in total. The molecule has 0 aliphatic rings. The molecule has 0 aliphatic heterocycles. The van der Waals surface area contributed by atoms with Crippen LogP contribution in [0.2, 0.25) is 0 Å². The average molecular weight is 862 g/mol. The van der Waals surface area contributed by atoms with E-state index < -0.39 is 59.5 Å². The number of hydrogen-bond donors (Lipinski definition) is 9. The van der Waals surface area contributed by atoms with Crippen molar-refractivity contribution in [3.05, 3.63) is 137 Å². The standard InChI is InChI=1S/C46H56FN11O5/c1-28(2)24-37(42(61)55-36(40(48)59)14-9-23-53-45(49)50)57-44(63)39(27-31-17-21-34(22-18-31)54-46(51)52)58-43(62)38(26-30-15-19-33(47)20-16-30)56-41(60)35(32-12-7-4-8-13-32)25-29-10-5-3-6-11-29/h3-8,10-13,15-22,25,28,36-39H,9,14,23-24,26-27H2,1-2H3,(H2,48,59)(H,55,61)(H,56,60)(H,57,63)(H,58,62)(H4,49,50,53)(H4,51,52,54)/b35-25+/t36-,37-,38-,39-/m0/s1. The monoisotopic (exact) mass is 861 g/mol. The number of benzene rings is 4. The highest BCUT2D eigenvalue weighted by Crippen LogP contribution is 2.20. The van der Waals surface area contributed by atoms with Gasteiger partial charge in [-0.15, -0.1) is 0 Å². The number of carbonyl (C=O) groups is 5. The van der Waals surface area contributed by atoms with E-state index >= 15 is 0 Å². The van der Waals surface area contributed by atoms with E-state index in [2.05, 4.69) is 31.3 Å². The Balaban J connectivity index is 1.69. The highest BCUT2D eigenvalue weighted by Gasteiger charge is 2.32. The van der Waals surface area contributed by atoms with Crippen molar-refractivity contribution in [1.82, 2.24) is 21.3 Å². The van der Waals surface area contributed by atoms with Crippen LogP contribution in [0, 0.1) is 11.7 Å². The molecule has 0 heterocycles. The van der Waals surface area contributed by atoms with E-state index in [4.69, 9.17) is 28.7 Å². The summed E-state index contributed by atoms with van der Waals surface area (Å²) in [7, 11) is 0. The van der Waals surface area contributed by atoms with Gasteiger partial charge in [-0.1, -0.05) is 98.8 Å². The van der Waals surface area contributed by atoms with Crippen molar-refractivity contribution in [1.29, 1.82) is 0 Å². The lowest BCUT2D eigenvalue weighted by molar-refractivity contribution is -0.134. The zero-order valence-electron chi connectivity index (χ0n) is 35.3. The molecule has 63 heavy (non-hydrogen) atoms. The summed E-state index contributed by atoms with van der Waals surface area (Å²) in [5.74, 6) is -4.40. The molecule has 4 atom stereocenters. The number of guanidine groups is 2. The van der Waals surface area contributed by atoms with Gasteiger partial charge >= 0.3 is 0 Å². The summed E-state index contributed by atoms with van der Waals surface area (Å²) >= 11 is 0. The Morgan fingerprint density at radius 1 is 0.619 bits per heavy atom. The largest absolute Gasteiger partial charge is 0.370 e. The second-order valence-electron chi connectivity index (χ2n) is 15.3. The molecule has 0 saturated carbocycles. The van der Waals surface area contributed by atoms with Crippen molar-refractivity contribution in [3.8, 4) is 0 Å². The highest BCUT2D eigenvalue weighted by atomic mass is 19.1. The third kappa shape index (κ3) is 16.4. The molecule has 5 amide bonds. The number of halogens is 1. The lowest BCUT2D eigenvalue weighted by Crippen LogP contribution is -2.59. The van der Waals surface area contributed by atoms with Crippen LogP contribution in [-0.4, -0.2) is 72.2 Å². The van der Waals surface area contributed by atoms with Crippen LogP contribution in [0.25, 0.3) is 11.6 Å². The first-order chi connectivity index (χ1) is 30.1. The van der Waals surface area contributed by atoms with Gasteiger partial charge in [0.15, 0.2) is 11.9 Å². The summed E-state index contributed by atoms with van der Waals surface area (Å²) in [4.78, 5) is 77.3. The van der Waals surface area contributed by atoms with Gasteiger partial charge in [-0.05, 0) is 77.8 Å². The van der Waals surface area contributed by atoms with Gasteiger partial charge in [-0.3, -0.25) is 29.0 Å². The van der Waals surface area contributed by atoms with Crippen LogP contribution in [0.3, 0.4) is 0 Å². The van der Waals surface area contributed by atoms with E-state index in [1.165, 1.54) is 24.3 Å². The molecule has 0 fully saturated rings. The quantitative estimate of drug-likeness (QED) is 0.0184. The fraction of sp³-hybridized carbons (Fsp3) is 0.283. The first-order valence-corrected chi connectivity index (χ1v) is 20.4. The summed E-state index contributed by atoms with van der Waals surface area (Å²) in [5.41, 5.74) is 30.7. The molecule has 4 aromatic carbocycles. The van der Waals surface area contributed by atoms with Gasteiger partial charge in [-0.2, -0.15) is 0 Å². The molecule has 332 valence electrons. The number of nitrogens with two attached hydrogens (primary N) is 5. The van der Waals surface area contributed by atoms with E-state index in [1.807, 2.05) is 50.2 Å². The summed E-state index contributed by atoms with van der Waals surface area (Å²) < 4.78 is 14.0. The second kappa shape index (κ2) is 24.0. The van der Waals surface area contributed by atoms with Crippen LogP contribution in [0.4, 0.5) is 10.1 Å². The minimum atomic E-state index is -1.32. The zero-order valence-corrected chi connectivity index (χ0v) is 35.3. The molecular weight excluding hydrogens is 806 g/mol. The topological polar surface area (TPSA) is 288 Å². The zero-order chi connectivity index (χ0) is 45.9. The Morgan fingerprint density at radius 3 is 1.67 bits per heavy atom. The maximum absolute atomic E-state index is 14.5. The molecule has 4 rings (SSSR count). The molecular formula is C46H56FN11O5. The fourth-order valence-electron chi connectivity index (χ4n) is 6.52. The van der Waals surface area contributed by atoms with Crippen molar-refractivity contribution in [3.63, 3.8) is 0 Å². The lowest BCUT2D eigenvalue weighted by Gasteiger charge is -2.27. The Labute approximate surface area is 366 Å². The maximum atomic E-state index is 14.5. The van der Waals surface area contributed by atoms with Gasteiger partial charge in [0.25, 0.3) is 5.91 Å². The smallest absolute Gasteiger partial charge is 0.252 e. The molecule has 4 aromatic rings. The Hall–Kier alpha value is -7.56. The van der Waals surface area contributed by atoms with Gasteiger partial charge in [-0.25, -0.2) is 9.38 Å². The van der Waals surface area contributed by atoms with Crippen LogP contribution < -0.4 is 49.9 Å². The van der Waals surface area contributed by atoms with Crippen LogP contribution in [0.15, 0.2) is 119 Å². The van der Waals surface area contributed by atoms with E-state index in [0.29, 0.717) is 28.8 Å². The predicted octanol–water partition coefficient (Wildman–Crippen LogP) is 2.28. The van der Waals surface area contributed by atoms with Crippen LogP contribution in [0.5, 0.6) is 0 Å². The van der Waals surface area contributed by atoms with E-state index in [9.17, 15) is 28.4 Å². The van der Waals surface area contributed by atoms with Gasteiger partial charge in [0.2, 0.25) is 23.6 Å². The third-order valence-corrected chi connectivity index (χ3v) is 9.63. The fourth-order valence-corrected chi connectivity index (χ4v) is 6.52. The molecule has 0 aromatic heterocycles. The summed E-state index contributed by atoms with van der Waals surface area (Å²) in [6.45, 7) is 3.90. The Bertz CT molecular complexity index is 2240. The first-order valence-electron chi connectivity index (χ1n) is 20.4. The molecule has 0 unspecified atom stereocenters. The van der Waals surface area contributed by atoms with Crippen molar-refractivity contribution < 1.29 is 28.4 Å². The van der Waals surface area contributed by atoms with Crippen LogP contribution in [-0.2, 0) is 36.8 Å². The number of amides is 5. The first kappa shape index (κ1) is 48.1. The number of carbonyl (C=O) groups excluding carboxylic acids is 5. The number of hydrogen-bond acceptors (Lipinski definition) is 7. The van der Waals surface area contributed by atoms with E-state index in [0.717, 1.165) is 5.56 Å². The second-order valence-corrected chi connectivity index (χ2v) is 15.3. The minimum absolute atomic E-state index is 0.0786. The van der Waals surface area contributed by atoms with Crippen molar-refractivity contribution in [2.24, 2.45) is 44.6 Å². The van der Waals surface area contributed by atoms with Crippen LogP contribution >= 0.6 is 0 Å². The Kier molecular flexibility index (Phi) is 18.3. The Morgan fingerprint density at radius 2 is 1.13 bits per heavy atom. The molecule has 0 radical (unpaired) electrons. The van der Waals surface area contributed by atoms with Crippen molar-refractivity contribution >= 4 is 58.8 Å². The average Bonchev–Trinajstić information content (AvgIpc) is 3.24. The number of nitrogens with one attached hydrogen (secondary N) is 4. The SMILES string of the molecule is CC(C)C[C@H](NC(=O)[C@H](Cc1ccc(N=C(N)N)cc1)NC(=O)[C@H](Cc1ccc(F)cc1)NC(=O)/C(=C/c1ccccc1)c1ccccc1)C(=O)N[C@@H](CCCN=C(N)N)C(N)=O. The lowest BCUT2D eigenvalue weighted by atomic mass is 9.99. The number of nitrogens with zero attached hydrogens (tertiary/aromatic N) is 2. The van der Waals surface area contributed by atoms with Crippen molar-refractivity contribution in [2.45, 2.75) is 70.1 Å². The summed E-state index contributed by atoms with van der Waals surface area (Å²) in [6.07, 6.45) is 2.15. The summed E-state index contributed by atoms with van der Waals surface area (Å²) in [6, 6.07) is 25.3. The molecule has 0 bridgehead atoms. The minimum Gasteiger partial charge on any atom is -0.370 e. The predicted molar refractivity (Wildman–Crippen MR) is 243 cm³/mol. The normalized spacial score (nSPS) is 13.0. The van der Waals surface area contributed by atoms with Crippen LogP contribution in [0.1, 0.15) is 55.4 Å². The number of aliphatic imine (C=N–C) groups is 2. The third-order valence-electron chi connectivity index (χ3n) is 9.63. The van der Waals surface area contributed by atoms with E-state index in [1.54, 1.807) is 54.6 Å². The molecule has 0 aliphatic carbocycles. The maximum Gasteiger partial charge on any atom is 0.252 e. The number of rotatable bonds is 22. The summed E-state index contributed by atoms with van der Waals surface area (Å²) in [5, 5.41) is 11.1. The van der Waals surface area contributed by atoms with Gasteiger partial charge in [0, 0.05) is 25.0 Å². The molecule has 14 N–H and O–H groups in total. The molecule has 0 saturated heterocycles.